The van der Waals surface area contributed by atoms with E-state index >= 15 is 0 Å². The third kappa shape index (κ3) is 3.51. The predicted octanol–water partition coefficient (Wildman–Crippen LogP) is 1.34. The van der Waals surface area contributed by atoms with Crippen LogP contribution in [0.3, 0.4) is 0 Å². The standard InChI is InChI=1S/C12H22N4O/c1-3-7-16(11-5-4-6-13-8-11)9-12-14-10(2)17-15-12/h11,13H,3-9H2,1-2H3. The van der Waals surface area contributed by atoms with Gasteiger partial charge in [0.25, 0.3) is 0 Å². The zero-order chi connectivity index (χ0) is 12.1. The van der Waals surface area contributed by atoms with Gasteiger partial charge in [-0.05, 0) is 32.4 Å². The van der Waals surface area contributed by atoms with Gasteiger partial charge in [-0.2, -0.15) is 4.98 Å². The Hall–Kier alpha value is -0.940. The van der Waals surface area contributed by atoms with E-state index in [1.54, 1.807) is 0 Å². The largest absolute Gasteiger partial charge is 0.340 e. The Morgan fingerprint density at radius 3 is 3.00 bits per heavy atom. The van der Waals surface area contributed by atoms with E-state index in [9.17, 15) is 0 Å². The van der Waals surface area contributed by atoms with Crippen molar-refractivity contribution in [3.8, 4) is 0 Å². The Bertz CT molecular complexity index is 333. The third-order valence-electron chi connectivity index (χ3n) is 3.21. The molecule has 1 unspecified atom stereocenters. The maximum absolute atomic E-state index is 5.03. The molecule has 0 bridgehead atoms. The lowest BCUT2D eigenvalue weighted by atomic mass is 10.1. The average Bonchev–Trinajstić information content (AvgIpc) is 2.75. The van der Waals surface area contributed by atoms with Crippen LogP contribution in [0.1, 0.15) is 37.9 Å². The van der Waals surface area contributed by atoms with Gasteiger partial charge in [0.1, 0.15) is 0 Å². The molecule has 1 aromatic rings. The highest BCUT2D eigenvalue weighted by atomic mass is 16.5. The first-order chi connectivity index (χ1) is 8.29. The Kier molecular flexibility index (Phi) is 4.50. The van der Waals surface area contributed by atoms with Gasteiger partial charge in [-0.25, -0.2) is 0 Å². The number of aryl methyl sites for hydroxylation is 1. The van der Waals surface area contributed by atoms with Crippen LogP contribution in [0.2, 0.25) is 0 Å². The van der Waals surface area contributed by atoms with Crippen LogP contribution < -0.4 is 5.32 Å². The zero-order valence-electron chi connectivity index (χ0n) is 10.8. The van der Waals surface area contributed by atoms with E-state index < -0.39 is 0 Å². The summed E-state index contributed by atoms with van der Waals surface area (Å²) in [6, 6.07) is 0.613. The Labute approximate surface area is 103 Å². The molecule has 1 aliphatic rings. The minimum Gasteiger partial charge on any atom is -0.340 e. The van der Waals surface area contributed by atoms with E-state index in [4.69, 9.17) is 4.52 Å². The summed E-state index contributed by atoms with van der Waals surface area (Å²) in [5.74, 6) is 1.46. The lowest BCUT2D eigenvalue weighted by Crippen LogP contribution is -2.46. The molecule has 1 aromatic heterocycles. The molecule has 1 N–H and O–H groups in total. The molecule has 0 aromatic carbocycles. The predicted molar refractivity (Wildman–Crippen MR) is 65.6 cm³/mol. The first-order valence-corrected chi connectivity index (χ1v) is 6.53. The number of aromatic nitrogens is 2. The minimum absolute atomic E-state index is 0.613. The van der Waals surface area contributed by atoms with Gasteiger partial charge in [-0.15, -0.1) is 0 Å². The fraction of sp³-hybridized carbons (Fsp3) is 0.833. The topological polar surface area (TPSA) is 54.2 Å². The van der Waals surface area contributed by atoms with Crippen molar-refractivity contribution in [3.05, 3.63) is 11.7 Å². The minimum atomic E-state index is 0.613. The second kappa shape index (κ2) is 6.12. The maximum atomic E-state index is 5.03. The maximum Gasteiger partial charge on any atom is 0.223 e. The summed E-state index contributed by atoms with van der Waals surface area (Å²) in [6.45, 7) is 8.18. The summed E-state index contributed by atoms with van der Waals surface area (Å²) in [7, 11) is 0. The second-order valence-corrected chi connectivity index (χ2v) is 4.70. The smallest absolute Gasteiger partial charge is 0.223 e. The highest BCUT2D eigenvalue weighted by Crippen LogP contribution is 2.13. The molecule has 0 aliphatic carbocycles. The third-order valence-corrected chi connectivity index (χ3v) is 3.21. The van der Waals surface area contributed by atoms with E-state index in [2.05, 4.69) is 27.3 Å². The van der Waals surface area contributed by atoms with E-state index in [-0.39, 0.29) is 0 Å². The highest BCUT2D eigenvalue weighted by molar-refractivity contribution is 4.87. The van der Waals surface area contributed by atoms with Crippen LogP contribution in [0.5, 0.6) is 0 Å². The van der Waals surface area contributed by atoms with Crippen molar-refractivity contribution in [3.63, 3.8) is 0 Å². The van der Waals surface area contributed by atoms with Crippen molar-refractivity contribution in [2.24, 2.45) is 0 Å². The summed E-state index contributed by atoms with van der Waals surface area (Å²) < 4.78 is 5.03. The number of piperidine rings is 1. The quantitative estimate of drug-likeness (QED) is 0.839. The van der Waals surface area contributed by atoms with E-state index in [1.807, 2.05) is 6.92 Å². The van der Waals surface area contributed by atoms with Crippen LogP contribution in [-0.4, -0.2) is 40.7 Å². The molecule has 0 spiro atoms. The molecule has 17 heavy (non-hydrogen) atoms. The van der Waals surface area contributed by atoms with Crippen molar-refractivity contribution in [2.75, 3.05) is 19.6 Å². The van der Waals surface area contributed by atoms with Gasteiger partial charge in [0.05, 0.1) is 6.54 Å². The fourth-order valence-electron chi connectivity index (χ4n) is 2.41. The summed E-state index contributed by atoms with van der Waals surface area (Å²) in [5.41, 5.74) is 0. The van der Waals surface area contributed by atoms with Crippen molar-refractivity contribution in [1.82, 2.24) is 20.4 Å². The monoisotopic (exact) mass is 238 g/mol. The molecule has 96 valence electrons. The Morgan fingerprint density at radius 1 is 1.53 bits per heavy atom. The van der Waals surface area contributed by atoms with Gasteiger partial charge in [-0.1, -0.05) is 12.1 Å². The lowest BCUT2D eigenvalue weighted by Gasteiger charge is -2.33. The van der Waals surface area contributed by atoms with Crippen molar-refractivity contribution < 1.29 is 4.52 Å². The molecule has 0 saturated carbocycles. The fourth-order valence-corrected chi connectivity index (χ4v) is 2.41. The molecule has 1 atom stereocenters. The van der Waals surface area contributed by atoms with Crippen LogP contribution >= 0.6 is 0 Å². The molecule has 0 radical (unpaired) electrons. The number of nitrogens with one attached hydrogen (secondary N) is 1. The summed E-state index contributed by atoms with van der Waals surface area (Å²) in [6.07, 6.45) is 3.69. The second-order valence-electron chi connectivity index (χ2n) is 4.70. The van der Waals surface area contributed by atoms with Crippen LogP contribution in [0.15, 0.2) is 4.52 Å². The molecule has 5 heteroatoms. The lowest BCUT2D eigenvalue weighted by molar-refractivity contribution is 0.153. The molecule has 2 heterocycles. The Morgan fingerprint density at radius 2 is 2.41 bits per heavy atom. The van der Waals surface area contributed by atoms with Crippen LogP contribution in [-0.2, 0) is 6.54 Å². The van der Waals surface area contributed by atoms with Crippen LogP contribution in [0.25, 0.3) is 0 Å². The molecule has 0 amide bonds. The van der Waals surface area contributed by atoms with Gasteiger partial charge in [0.15, 0.2) is 5.82 Å². The Balaban J connectivity index is 1.95. The summed E-state index contributed by atoms with van der Waals surface area (Å²) in [4.78, 5) is 6.76. The molecular formula is C12H22N4O. The molecular weight excluding hydrogens is 216 g/mol. The van der Waals surface area contributed by atoms with Crippen LogP contribution in [0.4, 0.5) is 0 Å². The molecule has 2 rings (SSSR count). The first kappa shape index (κ1) is 12.5. The summed E-state index contributed by atoms with van der Waals surface area (Å²) >= 11 is 0. The molecule has 1 aliphatic heterocycles. The van der Waals surface area contributed by atoms with E-state index in [0.29, 0.717) is 11.9 Å². The van der Waals surface area contributed by atoms with E-state index in [0.717, 1.165) is 38.4 Å². The molecule has 1 fully saturated rings. The highest BCUT2D eigenvalue weighted by Gasteiger charge is 2.21. The number of nitrogens with zero attached hydrogens (tertiary/aromatic N) is 3. The summed E-state index contributed by atoms with van der Waals surface area (Å²) in [5, 5.41) is 7.44. The molecule has 1 saturated heterocycles. The normalized spacial score (nSPS) is 21.0. The average molecular weight is 238 g/mol. The van der Waals surface area contributed by atoms with Crippen molar-refractivity contribution in [2.45, 2.75) is 45.7 Å². The number of hydrogen-bond acceptors (Lipinski definition) is 5. The van der Waals surface area contributed by atoms with Crippen molar-refractivity contribution >= 4 is 0 Å². The number of rotatable bonds is 5. The van der Waals surface area contributed by atoms with Gasteiger partial charge in [0, 0.05) is 19.5 Å². The molecule has 5 nitrogen and oxygen atoms in total. The SMILES string of the molecule is CCCN(Cc1noc(C)n1)C1CCCNC1. The van der Waals surface area contributed by atoms with Crippen molar-refractivity contribution in [1.29, 1.82) is 0 Å². The zero-order valence-corrected chi connectivity index (χ0v) is 10.8. The van der Waals surface area contributed by atoms with E-state index in [1.165, 1.54) is 12.8 Å². The van der Waals surface area contributed by atoms with Crippen LogP contribution in [0, 0.1) is 6.92 Å². The van der Waals surface area contributed by atoms with Gasteiger partial charge >= 0.3 is 0 Å². The van der Waals surface area contributed by atoms with Gasteiger partial charge < -0.3 is 9.84 Å². The number of hydrogen-bond donors (Lipinski definition) is 1. The van der Waals surface area contributed by atoms with Gasteiger partial charge in [0.2, 0.25) is 5.89 Å². The van der Waals surface area contributed by atoms with Gasteiger partial charge in [-0.3, -0.25) is 4.90 Å². The first-order valence-electron chi connectivity index (χ1n) is 6.53.